The smallest absolute Gasteiger partial charge is 0.273 e. The molecule has 1 saturated carbocycles. The Balaban J connectivity index is 0.00000200. The van der Waals surface area contributed by atoms with E-state index in [9.17, 15) is 4.79 Å². The Kier molecular flexibility index (Phi) is 6.98. The van der Waals surface area contributed by atoms with E-state index >= 15 is 0 Å². The molecule has 1 aliphatic carbocycles. The van der Waals surface area contributed by atoms with Crippen molar-refractivity contribution < 1.29 is 14.1 Å². The number of rotatable bonds is 5. The first kappa shape index (κ1) is 16.9. The molecule has 0 radical (unpaired) electrons. The molecule has 1 aromatic rings. The summed E-state index contributed by atoms with van der Waals surface area (Å²) in [6, 6.07) is 1.76. The first-order valence-corrected chi connectivity index (χ1v) is 6.70. The lowest BCUT2D eigenvalue weighted by Crippen LogP contribution is -2.44. The average molecular weight is 304 g/mol. The van der Waals surface area contributed by atoms with Gasteiger partial charge in [0.15, 0.2) is 11.5 Å². The lowest BCUT2D eigenvalue weighted by atomic mass is 9.84. The second kappa shape index (κ2) is 8.24. The van der Waals surface area contributed by atoms with Gasteiger partial charge in [0, 0.05) is 19.2 Å². The molecule has 114 valence electrons. The Morgan fingerprint density at radius 1 is 1.55 bits per heavy atom. The molecule has 2 atom stereocenters. The fourth-order valence-electron chi connectivity index (χ4n) is 2.55. The van der Waals surface area contributed by atoms with Crippen molar-refractivity contribution in [1.82, 2.24) is 10.5 Å². The van der Waals surface area contributed by atoms with Crippen molar-refractivity contribution in [3.8, 4) is 0 Å². The van der Waals surface area contributed by atoms with Crippen molar-refractivity contribution >= 4 is 18.3 Å². The zero-order valence-electron chi connectivity index (χ0n) is 11.6. The van der Waals surface area contributed by atoms with Crippen LogP contribution in [-0.4, -0.2) is 30.8 Å². The first-order chi connectivity index (χ1) is 9.24. The van der Waals surface area contributed by atoms with Crippen molar-refractivity contribution in [2.45, 2.75) is 38.3 Å². The molecule has 0 saturated heterocycles. The average Bonchev–Trinajstić information content (AvgIpc) is 2.88. The largest absolute Gasteiger partial charge is 0.377 e. The predicted octanol–water partition coefficient (Wildman–Crippen LogP) is 1.49. The Labute approximate surface area is 124 Å². The molecule has 20 heavy (non-hydrogen) atoms. The van der Waals surface area contributed by atoms with E-state index in [1.54, 1.807) is 13.2 Å². The minimum Gasteiger partial charge on any atom is -0.377 e. The summed E-state index contributed by atoms with van der Waals surface area (Å²) >= 11 is 0. The van der Waals surface area contributed by atoms with Crippen LogP contribution in [0.2, 0.25) is 0 Å². The highest BCUT2D eigenvalue weighted by molar-refractivity contribution is 5.92. The van der Waals surface area contributed by atoms with Gasteiger partial charge in [-0.2, -0.15) is 0 Å². The van der Waals surface area contributed by atoms with Crippen LogP contribution in [0.25, 0.3) is 0 Å². The third kappa shape index (κ3) is 4.19. The number of amides is 1. The summed E-state index contributed by atoms with van der Waals surface area (Å²) in [5.74, 6) is 0.714. The second-order valence-electron chi connectivity index (χ2n) is 4.97. The van der Waals surface area contributed by atoms with Crippen LogP contribution in [0.1, 0.15) is 41.9 Å². The number of nitrogens with zero attached hydrogens (tertiary/aromatic N) is 1. The van der Waals surface area contributed by atoms with E-state index in [-0.39, 0.29) is 24.4 Å². The number of hydrogen-bond donors (Lipinski definition) is 2. The summed E-state index contributed by atoms with van der Waals surface area (Å²) < 4.78 is 9.93. The molecule has 6 nitrogen and oxygen atoms in total. The van der Waals surface area contributed by atoms with Crippen molar-refractivity contribution in [2.24, 2.45) is 11.7 Å². The van der Waals surface area contributed by atoms with E-state index in [2.05, 4.69) is 10.5 Å². The SMILES string of the molecule is COCc1cc(C(=O)NC2CCCCC2CN)no1.Cl. The highest BCUT2D eigenvalue weighted by Crippen LogP contribution is 2.23. The number of halogens is 1. The summed E-state index contributed by atoms with van der Waals surface area (Å²) in [4.78, 5) is 12.1. The number of hydrogen-bond acceptors (Lipinski definition) is 5. The van der Waals surface area contributed by atoms with E-state index in [4.69, 9.17) is 15.0 Å². The summed E-state index contributed by atoms with van der Waals surface area (Å²) in [7, 11) is 1.57. The van der Waals surface area contributed by atoms with Crippen molar-refractivity contribution in [1.29, 1.82) is 0 Å². The number of carbonyl (C=O) groups is 1. The zero-order valence-corrected chi connectivity index (χ0v) is 12.4. The van der Waals surface area contributed by atoms with Gasteiger partial charge in [0.25, 0.3) is 5.91 Å². The maximum Gasteiger partial charge on any atom is 0.273 e. The highest BCUT2D eigenvalue weighted by atomic mass is 35.5. The molecule has 1 aliphatic rings. The van der Waals surface area contributed by atoms with Crippen LogP contribution in [0.15, 0.2) is 10.6 Å². The number of carbonyl (C=O) groups excluding carboxylic acids is 1. The van der Waals surface area contributed by atoms with Gasteiger partial charge in [-0.3, -0.25) is 4.79 Å². The molecule has 1 fully saturated rings. The van der Waals surface area contributed by atoms with Crippen LogP contribution in [0.3, 0.4) is 0 Å². The van der Waals surface area contributed by atoms with Crippen LogP contribution in [0.4, 0.5) is 0 Å². The van der Waals surface area contributed by atoms with Gasteiger partial charge in [0.2, 0.25) is 0 Å². The van der Waals surface area contributed by atoms with Crippen molar-refractivity contribution in [3.63, 3.8) is 0 Å². The normalized spacial score (nSPS) is 22.1. The van der Waals surface area contributed by atoms with Crippen LogP contribution in [0, 0.1) is 5.92 Å². The summed E-state index contributed by atoms with van der Waals surface area (Å²) in [6.07, 6.45) is 4.39. The third-order valence-electron chi connectivity index (χ3n) is 3.61. The molecule has 0 bridgehead atoms. The molecule has 1 heterocycles. The van der Waals surface area contributed by atoms with Crippen LogP contribution in [-0.2, 0) is 11.3 Å². The quantitative estimate of drug-likeness (QED) is 0.860. The molecule has 1 amide bonds. The van der Waals surface area contributed by atoms with Gasteiger partial charge in [-0.15, -0.1) is 12.4 Å². The lowest BCUT2D eigenvalue weighted by molar-refractivity contribution is 0.0898. The monoisotopic (exact) mass is 303 g/mol. The van der Waals surface area contributed by atoms with Gasteiger partial charge in [-0.05, 0) is 25.3 Å². The number of aromatic nitrogens is 1. The summed E-state index contributed by atoms with van der Waals surface area (Å²) in [5, 5.41) is 6.76. The summed E-state index contributed by atoms with van der Waals surface area (Å²) in [6.45, 7) is 0.924. The summed E-state index contributed by atoms with van der Waals surface area (Å²) in [5.41, 5.74) is 6.05. The molecule has 3 N–H and O–H groups in total. The van der Waals surface area contributed by atoms with Gasteiger partial charge in [0.05, 0.1) is 0 Å². The topological polar surface area (TPSA) is 90.4 Å². The van der Waals surface area contributed by atoms with E-state index in [1.165, 1.54) is 6.42 Å². The fraction of sp³-hybridized carbons (Fsp3) is 0.692. The predicted molar refractivity (Wildman–Crippen MR) is 76.7 cm³/mol. The zero-order chi connectivity index (χ0) is 13.7. The third-order valence-corrected chi connectivity index (χ3v) is 3.61. The van der Waals surface area contributed by atoms with E-state index < -0.39 is 0 Å². The van der Waals surface area contributed by atoms with Crippen molar-refractivity contribution in [2.75, 3.05) is 13.7 Å². The van der Waals surface area contributed by atoms with E-state index in [0.717, 1.165) is 19.3 Å². The first-order valence-electron chi connectivity index (χ1n) is 6.70. The Bertz CT molecular complexity index is 425. The van der Waals surface area contributed by atoms with E-state index in [1.807, 2.05) is 0 Å². The number of nitrogens with one attached hydrogen (secondary N) is 1. The van der Waals surface area contributed by atoms with Crippen LogP contribution < -0.4 is 11.1 Å². The molecule has 2 unspecified atom stereocenters. The number of nitrogens with two attached hydrogens (primary N) is 1. The molecular formula is C13H22ClN3O3. The molecule has 0 aromatic carbocycles. The lowest BCUT2D eigenvalue weighted by Gasteiger charge is -2.30. The molecule has 0 aliphatic heterocycles. The van der Waals surface area contributed by atoms with E-state index in [0.29, 0.717) is 30.5 Å². The van der Waals surface area contributed by atoms with Gasteiger partial charge in [0.1, 0.15) is 6.61 Å². The Hall–Kier alpha value is -1.11. The molecule has 7 heteroatoms. The maximum atomic E-state index is 12.1. The minimum absolute atomic E-state index is 0. The van der Waals surface area contributed by atoms with Crippen molar-refractivity contribution in [3.05, 3.63) is 17.5 Å². The standard InChI is InChI=1S/C13H21N3O3.ClH/c1-18-8-10-6-12(16-19-10)13(17)15-11-5-3-2-4-9(11)7-14;/h6,9,11H,2-5,7-8,14H2,1H3,(H,15,17);1H. The van der Waals surface area contributed by atoms with Crippen LogP contribution in [0.5, 0.6) is 0 Å². The van der Waals surface area contributed by atoms with Gasteiger partial charge in [-0.1, -0.05) is 18.0 Å². The van der Waals surface area contributed by atoms with Gasteiger partial charge < -0.3 is 20.3 Å². The number of ether oxygens (including phenoxy) is 1. The molecule has 0 spiro atoms. The Morgan fingerprint density at radius 3 is 3.00 bits per heavy atom. The second-order valence-corrected chi connectivity index (χ2v) is 4.97. The molecule has 2 rings (SSSR count). The fourth-order valence-corrected chi connectivity index (χ4v) is 2.55. The number of methoxy groups -OCH3 is 1. The van der Waals surface area contributed by atoms with Gasteiger partial charge in [-0.25, -0.2) is 0 Å². The molecule has 1 aromatic heterocycles. The molecular weight excluding hydrogens is 282 g/mol. The highest BCUT2D eigenvalue weighted by Gasteiger charge is 2.26. The minimum atomic E-state index is -0.198. The van der Waals surface area contributed by atoms with Gasteiger partial charge >= 0.3 is 0 Å². The Morgan fingerprint density at radius 2 is 2.30 bits per heavy atom. The maximum absolute atomic E-state index is 12.1. The van der Waals surface area contributed by atoms with Crippen LogP contribution >= 0.6 is 12.4 Å².